The van der Waals surface area contributed by atoms with Gasteiger partial charge in [0.1, 0.15) is 6.54 Å². The van der Waals surface area contributed by atoms with E-state index in [0.717, 1.165) is 19.3 Å². The molecule has 19 heavy (non-hydrogen) atoms. The van der Waals surface area contributed by atoms with Crippen molar-refractivity contribution in [3.63, 3.8) is 0 Å². The average molecular weight is 265 g/mol. The highest BCUT2D eigenvalue weighted by Gasteiger charge is 2.24. The van der Waals surface area contributed by atoms with Gasteiger partial charge < -0.3 is 20.7 Å². The van der Waals surface area contributed by atoms with Gasteiger partial charge in [0.25, 0.3) is 5.56 Å². The Balaban J connectivity index is 1.97. The SMILES string of the molecule is Nc1ccc(=O)n(CC(=O)NC2CCCCC2O)c1. The molecule has 1 amide bonds. The van der Waals surface area contributed by atoms with Crippen LogP contribution in [0.5, 0.6) is 0 Å². The number of rotatable bonds is 3. The average Bonchev–Trinajstić information content (AvgIpc) is 2.37. The maximum Gasteiger partial charge on any atom is 0.251 e. The number of hydrogen-bond acceptors (Lipinski definition) is 4. The van der Waals surface area contributed by atoms with Crippen LogP contribution in [-0.2, 0) is 11.3 Å². The van der Waals surface area contributed by atoms with Gasteiger partial charge >= 0.3 is 0 Å². The number of aliphatic hydroxyl groups is 1. The van der Waals surface area contributed by atoms with Gasteiger partial charge in [-0.3, -0.25) is 9.59 Å². The molecule has 6 nitrogen and oxygen atoms in total. The van der Waals surface area contributed by atoms with Crippen molar-refractivity contribution in [3.8, 4) is 0 Å². The van der Waals surface area contributed by atoms with Gasteiger partial charge in [0, 0.05) is 18.0 Å². The molecular formula is C13H19N3O3. The smallest absolute Gasteiger partial charge is 0.251 e. The summed E-state index contributed by atoms with van der Waals surface area (Å²) in [7, 11) is 0. The number of carbonyl (C=O) groups is 1. The van der Waals surface area contributed by atoms with Crippen molar-refractivity contribution >= 4 is 11.6 Å². The van der Waals surface area contributed by atoms with Crippen molar-refractivity contribution in [2.45, 2.75) is 44.4 Å². The van der Waals surface area contributed by atoms with E-state index >= 15 is 0 Å². The number of nitrogens with one attached hydrogen (secondary N) is 1. The molecule has 6 heteroatoms. The first kappa shape index (κ1) is 13.6. The molecule has 1 aromatic rings. The number of nitrogens with two attached hydrogens (primary N) is 1. The van der Waals surface area contributed by atoms with Crippen molar-refractivity contribution in [3.05, 3.63) is 28.7 Å². The van der Waals surface area contributed by atoms with Crippen LogP contribution in [-0.4, -0.2) is 27.7 Å². The minimum absolute atomic E-state index is 0.0763. The van der Waals surface area contributed by atoms with Gasteiger partial charge in [-0.25, -0.2) is 0 Å². The Labute approximate surface area is 111 Å². The van der Waals surface area contributed by atoms with Crippen molar-refractivity contribution in [1.82, 2.24) is 9.88 Å². The number of hydrogen-bond donors (Lipinski definition) is 3. The maximum atomic E-state index is 11.9. The summed E-state index contributed by atoms with van der Waals surface area (Å²) in [4.78, 5) is 23.4. The fourth-order valence-electron chi connectivity index (χ4n) is 2.36. The Morgan fingerprint density at radius 1 is 1.42 bits per heavy atom. The predicted molar refractivity (Wildman–Crippen MR) is 71.5 cm³/mol. The predicted octanol–water partition coefficient (Wildman–Crippen LogP) is -0.150. The van der Waals surface area contributed by atoms with E-state index in [1.54, 1.807) is 0 Å². The largest absolute Gasteiger partial charge is 0.398 e. The lowest BCUT2D eigenvalue weighted by atomic mass is 9.92. The monoisotopic (exact) mass is 265 g/mol. The van der Waals surface area contributed by atoms with Crippen LogP contribution < -0.4 is 16.6 Å². The third kappa shape index (κ3) is 3.57. The normalized spacial score (nSPS) is 23.0. The number of amides is 1. The Hall–Kier alpha value is -1.82. The molecule has 2 unspecified atom stereocenters. The maximum absolute atomic E-state index is 11.9. The number of nitrogen functional groups attached to an aromatic ring is 1. The standard InChI is InChI=1S/C13H19N3O3/c14-9-5-6-13(19)16(7-9)8-12(18)15-10-3-1-2-4-11(10)17/h5-7,10-11,17H,1-4,8,14H2,(H,15,18). The van der Waals surface area contributed by atoms with Crippen molar-refractivity contribution in [2.24, 2.45) is 0 Å². The molecule has 0 saturated heterocycles. The summed E-state index contributed by atoms with van der Waals surface area (Å²) in [6.07, 6.45) is 4.43. The Kier molecular flexibility index (Phi) is 4.21. The van der Waals surface area contributed by atoms with Crippen LogP contribution in [0.15, 0.2) is 23.1 Å². The Bertz CT molecular complexity index is 512. The van der Waals surface area contributed by atoms with E-state index in [9.17, 15) is 14.7 Å². The van der Waals surface area contributed by atoms with E-state index < -0.39 is 6.10 Å². The fourth-order valence-corrected chi connectivity index (χ4v) is 2.36. The highest BCUT2D eigenvalue weighted by atomic mass is 16.3. The Morgan fingerprint density at radius 2 is 2.16 bits per heavy atom. The van der Waals surface area contributed by atoms with Crippen LogP contribution in [0.1, 0.15) is 25.7 Å². The summed E-state index contributed by atoms with van der Waals surface area (Å²) in [5.74, 6) is -0.279. The molecule has 0 bridgehead atoms. The fraction of sp³-hybridized carbons (Fsp3) is 0.538. The minimum Gasteiger partial charge on any atom is -0.398 e. The lowest BCUT2D eigenvalue weighted by molar-refractivity contribution is -0.123. The summed E-state index contributed by atoms with van der Waals surface area (Å²) >= 11 is 0. The summed E-state index contributed by atoms with van der Waals surface area (Å²) in [5, 5.41) is 12.6. The van der Waals surface area contributed by atoms with Gasteiger partial charge in [-0.15, -0.1) is 0 Å². The molecule has 0 spiro atoms. The van der Waals surface area contributed by atoms with Gasteiger partial charge in [-0.1, -0.05) is 12.8 Å². The lowest BCUT2D eigenvalue weighted by Crippen LogP contribution is -2.46. The van der Waals surface area contributed by atoms with E-state index in [4.69, 9.17) is 5.73 Å². The molecule has 0 aliphatic heterocycles. The van der Waals surface area contributed by atoms with Crippen LogP contribution in [0.25, 0.3) is 0 Å². The molecule has 1 fully saturated rings. The van der Waals surface area contributed by atoms with E-state index in [1.165, 1.54) is 22.9 Å². The molecule has 1 aliphatic carbocycles. The van der Waals surface area contributed by atoms with Crippen molar-refractivity contribution in [2.75, 3.05) is 5.73 Å². The number of aliphatic hydroxyl groups excluding tert-OH is 1. The van der Waals surface area contributed by atoms with Crippen LogP contribution in [0.4, 0.5) is 5.69 Å². The van der Waals surface area contributed by atoms with Crippen molar-refractivity contribution in [1.29, 1.82) is 0 Å². The highest BCUT2D eigenvalue weighted by molar-refractivity contribution is 5.76. The van der Waals surface area contributed by atoms with Gasteiger partial charge in [-0.05, 0) is 18.9 Å². The van der Waals surface area contributed by atoms with Crippen LogP contribution >= 0.6 is 0 Å². The molecular weight excluding hydrogens is 246 g/mol. The van der Waals surface area contributed by atoms with Crippen LogP contribution in [0, 0.1) is 0 Å². The number of anilines is 1. The second-order valence-electron chi connectivity index (χ2n) is 4.95. The summed E-state index contributed by atoms with van der Waals surface area (Å²) in [6.45, 7) is -0.0763. The summed E-state index contributed by atoms with van der Waals surface area (Å²) in [5.41, 5.74) is 5.74. The van der Waals surface area contributed by atoms with E-state index in [0.29, 0.717) is 12.1 Å². The molecule has 2 atom stereocenters. The number of pyridine rings is 1. The van der Waals surface area contributed by atoms with Crippen LogP contribution in [0.3, 0.4) is 0 Å². The quantitative estimate of drug-likeness (QED) is 0.708. The highest BCUT2D eigenvalue weighted by Crippen LogP contribution is 2.18. The molecule has 1 saturated carbocycles. The minimum atomic E-state index is -0.490. The molecule has 0 radical (unpaired) electrons. The third-order valence-corrected chi connectivity index (χ3v) is 3.40. The zero-order valence-electron chi connectivity index (χ0n) is 10.7. The Morgan fingerprint density at radius 3 is 2.89 bits per heavy atom. The molecule has 2 rings (SSSR count). The summed E-state index contributed by atoms with van der Waals surface area (Å²) < 4.78 is 1.26. The number of nitrogens with zero attached hydrogens (tertiary/aromatic N) is 1. The molecule has 4 N–H and O–H groups in total. The van der Waals surface area contributed by atoms with Gasteiger partial charge in [-0.2, -0.15) is 0 Å². The molecule has 1 aliphatic rings. The van der Waals surface area contributed by atoms with Gasteiger partial charge in [0.05, 0.1) is 12.1 Å². The second kappa shape index (κ2) is 5.88. The zero-order chi connectivity index (χ0) is 13.8. The number of carbonyl (C=O) groups excluding carboxylic acids is 1. The van der Waals surface area contributed by atoms with E-state index in [-0.39, 0.29) is 24.1 Å². The van der Waals surface area contributed by atoms with E-state index in [1.807, 2.05) is 0 Å². The first-order valence-corrected chi connectivity index (χ1v) is 6.49. The van der Waals surface area contributed by atoms with Gasteiger partial charge in [0.2, 0.25) is 5.91 Å². The van der Waals surface area contributed by atoms with Gasteiger partial charge in [0.15, 0.2) is 0 Å². The lowest BCUT2D eigenvalue weighted by Gasteiger charge is -2.28. The molecule has 1 aromatic heterocycles. The molecule has 104 valence electrons. The zero-order valence-corrected chi connectivity index (χ0v) is 10.7. The van der Waals surface area contributed by atoms with Crippen molar-refractivity contribution < 1.29 is 9.90 Å². The topological polar surface area (TPSA) is 97.4 Å². The molecule has 1 heterocycles. The van der Waals surface area contributed by atoms with Crippen LogP contribution in [0.2, 0.25) is 0 Å². The first-order chi connectivity index (χ1) is 9.06. The number of aromatic nitrogens is 1. The van der Waals surface area contributed by atoms with E-state index in [2.05, 4.69) is 5.32 Å². The molecule has 0 aromatic carbocycles. The first-order valence-electron chi connectivity index (χ1n) is 6.49. The third-order valence-electron chi connectivity index (χ3n) is 3.40. The second-order valence-corrected chi connectivity index (χ2v) is 4.95. The summed E-state index contributed by atoms with van der Waals surface area (Å²) in [6, 6.07) is 2.62.